The Bertz CT molecular complexity index is 496. The number of carbonyl (C=O) groups is 1. The lowest BCUT2D eigenvalue weighted by molar-refractivity contribution is 0.0657. The second-order valence-electron chi connectivity index (χ2n) is 5.94. The average Bonchev–Trinajstić information content (AvgIpc) is 2.58. The van der Waals surface area contributed by atoms with E-state index >= 15 is 0 Å². The van der Waals surface area contributed by atoms with Gasteiger partial charge in [-0.2, -0.15) is 0 Å². The zero-order valence-corrected chi connectivity index (χ0v) is 13.0. The number of nitrogens with zero attached hydrogens (tertiary/aromatic N) is 1. The van der Waals surface area contributed by atoms with Crippen LogP contribution >= 0.6 is 0 Å². The first-order valence-corrected chi connectivity index (χ1v) is 7.42. The Morgan fingerprint density at radius 2 is 1.95 bits per heavy atom. The van der Waals surface area contributed by atoms with Crippen LogP contribution in [-0.4, -0.2) is 43.0 Å². The summed E-state index contributed by atoms with van der Waals surface area (Å²) in [6, 6.07) is 4.14. The molecule has 1 heterocycles. The number of hydrogen-bond donors (Lipinski definition) is 0. The SMILES string of the molecule is Cc1cc(C)c(C(=O)CN2CCCOC(C)C2)cc1C. The van der Waals surface area contributed by atoms with Crippen molar-refractivity contribution in [3.05, 3.63) is 34.4 Å². The van der Waals surface area contributed by atoms with E-state index in [2.05, 4.69) is 31.7 Å². The summed E-state index contributed by atoms with van der Waals surface area (Å²) < 4.78 is 5.63. The van der Waals surface area contributed by atoms with E-state index in [1.807, 2.05) is 13.0 Å². The van der Waals surface area contributed by atoms with E-state index in [1.165, 1.54) is 11.1 Å². The number of hydrogen-bond acceptors (Lipinski definition) is 3. The molecule has 1 aliphatic rings. The molecule has 1 aliphatic heterocycles. The highest BCUT2D eigenvalue weighted by Crippen LogP contribution is 2.17. The minimum Gasteiger partial charge on any atom is -0.377 e. The molecule has 1 aromatic carbocycles. The first-order valence-electron chi connectivity index (χ1n) is 7.42. The quantitative estimate of drug-likeness (QED) is 0.794. The van der Waals surface area contributed by atoms with Crippen LogP contribution in [0.25, 0.3) is 0 Å². The lowest BCUT2D eigenvalue weighted by Crippen LogP contribution is -2.35. The van der Waals surface area contributed by atoms with Crippen molar-refractivity contribution in [1.82, 2.24) is 4.90 Å². The zero-order valence-electron chi connectivity index (χ0n) is 13.0. The molecular weight excluding hydrogens is 250 g/mol. The van der Waals surface area contributed by atoms with E-state index in [0.717, 1.165) is 37.2 Å². The van der Waals surface area contributed by atoms with Gasteiger partial charge in [0.05, 0.1) is 12.6 Å². The summed E-state index contributed by atoms with van der Waals surface area (Å²) in [5.41, 5.74) is 4.38. The topological polar surface area (TPSA) is 29.5 Å². The Morgan fingerprint density at radius 1 is 1.25 bits per heavy atom. The summed E-state index contributed by atoms with van der Waals surface area (Å²) in [5.74, 6) is 0.222. The predicted molar refractivity (Wildman–Crippen MR) is 81.5 cm³/mol. The molecular formula is C17H25NO2. The highest BCUT2D eigenvalue weighted by Gasteiger charge is 2.19. The van der Waals surface area contributed by atoms with Gasteiger partial charge < -0.3 is 4.74 Å². The molecule has 0 spiro atoms. The average molecular weight is 275 g/mol. The fourth-order valence-corrected chi connectivity index (χ4v) is 2.77. The molecule has 3 nitrogen and oxygen atoms in total. The maximum Gasteiger partial charge on any atom is 0.177 e. The van der Waals surface area contributed by atoms with Crippen molar-refractivity contribution >= 4 is 5.78 Å². The molecule has 110 valence electrons. The number of Topliss-reactive ketones (excluding diaryl/α,β-unsaturated/α-hetero) is 1. The van der Waals surface area contributed by atoms with Crippen molar-refractivity contribution in [3.63, 3.8) is 0 Å². The van der Waals surface area contributed by atoms with Crippen molar-refractivity contribution in [2.24, 2.45) is 0 Å². The number of ketones is 1. The minimum atomic E-state index is 0.214. The second-order valence-corrected chi connectivity index (χ2v) is 5.94. The fraction of sp³-hybridized carbons (Fsp3) is 0.588. The van der Waals surface area contributed by atoms with E-state index in [1.54, 1.807) is 0 Å². The van der Waals surface area contributed by atoms with E-state index in [0.29, 0.717) is 6.54 Å². The van der Waals surface area contributed by atoms with Crippen LogP contribution in [0.4, 0.5) is 0 Å². The maximum atomic E-state index is 12.5. The first kappa shape index (κ1) is 15.2. The van der Waals surface area contributed by atoms with Gasteiger partial charge in [-0.15, -0.1) is 0 Å². The summed E-state index contributed by atoms with van der Waals surface area (Å²) in [6.45, 7) is 11.3. The largest absolute Gasteiger partial charge is 0.377 e. The predicted octanol–water partition coefficient (Wildman–Crippen LogP) is 2.91. The third kappa shape index (κ3) is 3.68. The van der Waals surface area contributed by atoms with Crippen molar-refractivity contribution in [1.29, 1.82) is 0 Å². The lowest BCUT2D eigenvalue weighted by Gasteiger charge is -2.21. The summed E-state index contributed by atoms with van der Waals surface area (Å²) in [5, 5.41) is 0. The molecule has 1 atom stereocenters. The van der Waals surface area contributed by atoms with Crippen molar-refractivity contribution in [2.45, 2.75) is 40.2 Å². The molecule has 0 radical (unpaired) electrons. The minimum absolute atomic E-state index is 0.214. The molecule has 2 rings (SSSR count). The molecule has 0 aliphatic carbocycles. The van der Waals surface area contributed by atoms with Crippen LogP contribution in [0, 0.1) is 20.8 Å². The van der Waals surface area contributed by atoms with Crippen LogP contribution in [0.1, 0.15) is 40.4 Å². The Labute approximate surface area is 121 Å². The van der Waals surface area contributed by atoms with Gasteiger partial charge in [-0.3, -0.25) is 9.69 Å². The van der Waals surface area contributed by atoms with Gasteiger partial charge in [0.2, 0.25) is 0 Å². The molecule has 1 aromatic rings. The number of aryl methyl sites for hydroxylation is 3. The Balaban J connectivity index is 2.09. The zero-order chi connectivity index (χ0) is 14.7. The monoisotopic (exact) mass is 275 g/mol. The number of ether oxygens (including phenoxy) is 1. The van der Waals surface area contributed by atoms with Crippen LogP contribution in [-0.2, 0) is 4.74 Å². The van der Waals surface area contributed by atoms with Crippen molar-refractivity contribution < 1.29 is 9.53 Å². The molecule has 0 N–H and O–H groups in total. The van der Waals surface area contributed by atoms with Crippen molar-refractivity contribution in [2.75, 3.05) is 26.2 Å². The van der Waals surface area contributed by atoms with Gasteiger partial charge in [0, 0.05) is 25.3 Å². The normalized spacial score (nSPS) is 20.7. The number of benzene rings is 1. The summed E-state index contributed by atoms with van der Waals surface area (Å²) in [4.78, 5) is 14.8. The van der Waals surface area contributed by atoms with E-state index in [4.69, 9.17) is 4.74 Å². The molecule has 0 amide bonds. The van der Waals surface area contributed by atoms with Gasteiger partial charge in [-0.05, 0) is 56.9 Å². The third-order valence-electron chi connectivity index (χ3n) is 4.04. The molecule has 20 heavy (non-hydrogen) atoms. The van der Waals surface area contributed by atoms with Crippen LogP contribution in [0.3, 0.4) is 0 Å². The molecule has 1 fully saturated rings. The molecule has 1 unspecified atom stereocenters. The standard InChI is InChI=1S/C17H25NO2/c1-12-8-14(3)16(9-13(12)2)17(19)11-18-6-5-7-20-15(4)10-18/h8-9,15H,5-7,10-11H2,1-4H3. The number of rotatable bonds is 3. The smallest absolute Gasteiger partial charge is 0.177 e. The maximum absolute atomic E-state index is 12.5. The Hall–Kier alpha value is -1.19. The van der Waals surface area contributed by atoms with Gasteiger partial charge in [0.1, 0.15) is 0 Å². The summed E-state index contributed by atoms with van der Waals surface area (Å²) in [7, 11) is 0. The Morgan fingerprint density at radius 3 is 2.70 bits per heavy atom. The van der Waals surface area contributed by atoms with Gasteiger partial charge in [0.15, 0.2) is 5.78 Å². The van der Waals surface area contributed by atoms with Crippen LogP contribution in [0.5, 0.6) is 0 Å². The van der Waals surface area contributed by atoms with Gasteiger partial charge in [-0.25, -0.2) is 0 Å². The molecule has 0 saturated carbocycles. The molecule has 0 bridgehead atoms. The van der Waals surface area contributed by atoms with Crippen molar-refractivity contribution in [3.8, 4) is 0 Å². The molecule has 1 saturated heterocycles. The second kappa shape index (κ2) is 6.51. The fourth-order valence-electron chi connectivity index (χ4n) is 2.77. The molecule has 3 heteroatoms. The van der Waals surface area contributed by atoms with Gasteiger partial charge >= 0.3 is 0 Å². The van der Waals surface area contributed by atoms with E-state index in [9.17, 15) is 4.79 Å². The van der Waals surface area contributed by atoms with Crippen LogP contribution in [0.15, 0.2) is 12.1 Å². The molecule has 0 aromatic heterocycles. The summed E-state index contributed by atoms with van der Waals surface area (Å²) in [6.07, 6.45) is 1.22. The van der Waals surface area contributed by atoms with Crippen LogP contribution < -0.4 is 0 Å². The highest BCUT2D eigenvalue weighted by molar-refractivity contribution is 5.99. The van der Waals surface area contributed by atoms with E-state index < -0.39 is 0 Å². The lowest BCUT2D eigenvalue weighted by atomic mass is 9.98. The summed E-state index contributed by atoms with van der Waals surface area (Å²) >= 11 is 0. The van der Waals surface area contributed by atoms with Gasteiger partial charge in [0.25, 0.3) is 0 Å². The number of carbonyl (C=O) groups excluding carboxylic acids is 1. The first-order chi connectivity index (χ1) is 9.47. The third-order valence-corrected chi connectivity index (χ3v) is 4.04. The van der Waals surface area contributed by atoms with E-state index in [-0.39, 0.29) is 11.9 Å². The highest BCUT2D eigenvalue weighted by atomic mass is 16.5. The van der Waals surface area contributed by atoms with Gasteiger partial charge in [-0.1, -0.05) is 6.07 Å². The van der Waals surface area contributed by atoms with Crippen LogP contribution in [0.2, 0.25) is 0 Å². The Kier molecular flexibility index (Phi) is 4.95.